The van der Waals surface area contributed by atoms with E-state index in [9.17, 15) is 19.2 Å². The summed E-state index contributed by atoms with van der Waals surface area (Å²) in [7, 11) is 0. The zero-order chi connectivity index (χ0) is 14.0. The van der Waals surface area contributed by atoms with Gasteiger partial charge in [0.2, 0.25) is 10.5 Å². The summed E-state index contributed by atoms with van der Waals surface area (Å²) in [5, 5.41) is -0.683. The van der Waals surface area contributed by atoms with Crippen molar-refractivity contribution in [2.45, 2.75) is 46.3 Å². The second-order valence-electron chi connectivity index (χ2n) is 4.92. The molecule has 0 aromatic carbocycles. The highest BCUT2D eigenvalue weighted by atomic mass is 32.2. The molecule has 0 aliphatic heterocycles. The van der Waals surface area contributed by atoms with E-state index in [1.165, 1.54) is 0 Å². The fourth-order valence-electron chi connectivity index (χ4n) is 1.53. The van der Waals surface area contributed by atoms with Crippen LogP contribution in [0.25, 0.3) is 0 Å². The van der Waals surface area contributed by atoms with E-state index in [1.807, 2.05) is 0 Å². The Bertz CT molecular complexity index is 340. The lowest BCUT2D eigenvalue weighted by atomic mass is 9.78. The Morgan fingerprint density at radius 1 is 0.765 bits per heavy atom. The summed E-state index contributed by atoms with van der Waals surface area (Å²) >= 11 is 0.847. The lowest BCUT2D eigenvalue weighted by Gasteiger charge is -2.27. The van der Waals surface area contributed by atoms with Crippen molar-refractivity contribution in [3.05, 3.63) is 0 Å². The monoisotopic (exact) mass is 258 g/mol. The lowest BCUT2D eigenvalue weighted by Crippen LogP contribution is -2.49. The molecule has 5 heteroatoms. The van der Waals surface area contributed by atoms with Crippen LogP contribution in [-0.4, -0.2) is 27.2 Å². The maximum atomic E-state index is 12.1. The quantitative estimate of drug-likeness (QED) is 0.719. The van der Waals surface area contributed by atoms with E-state index >= 15 is 0 Å². The molecule has 0 fully saturated rings. The van der Waals surface area contributed by atoms with Crippen LogP contribution >= 0.6 is 11.8 Å². The van der Waals surface area contributed by atoms with Gasteiger partial charge in [-0.1, -0.05) is 32.5 Å². The van der Waals surface area contributed by atoms with E-state index in [2.05, 4.69) is 0 Å². The molecule has 0 aliphatic rings. The van der Waals surface area contributed by atoms with Crippen molar-refractivity contribution in [1.82, 2.24) is 0 Å². The number of carbonyl (C=O) groups is 4. The first-order valence-electron chi connectivity index (χ1n) is 5.22. The first-order valence-corrected chi connectivity index (χ1v) is 6.04. The van der Waals surface area contributed by atoms with Gasteiger partial charge in [-0.25, -0.2) is 0 Å². The van der Waals surface area contributed by atoms with Gasteiger partial charge in [-0.15, -0.1) is 0 Å². The van der Waals surface area contributed by atoms with Crippen molar-refractivity contribution in [1.29, 1.82) is 0 Å². The first kappa shape index (κ1) is 16.0. The van der Waals surface area contributed by atoms with Gasteiger partial charge in [0.1, 0.15) is 0 Å². The number of Topliss-reactive ketones (excluding diaryl/α,β-unsaturated/α-hetero) is 3. The highest BCUT2D eigenvalue weighted by Crippen LogP contribution is 2.35. The highest BCUT2D eigenvalue weighted by molar-refractivity contribution is 8.15. The fraction of sp³-hybridized carbons (Fsp3) is 0.667. The van der Waals surface area contributed by atoms with Crippen molar-refractivity contribution < 1.29 is 19.2 Å². The van der Waals surface area contributed by atoms with Gasteiger partial charge in [0.25, 0.3) is 0 Å². The smallest absolute Gasteiger partial charge is 0.218 e. The molecule has 0 amide bonds. The van der Waals surface area contributed by atoms with Crippen LogP contribution in [0.3, 0.4) is 0 Å². The molecule has 0 saturated heterocycles. The van der Waals surface area contributed by atoms with Crippen LogP contribution < -0.4 is 0 Å². The third-order valence-electron chi connectivity index (χ3n) is 2.29. The summed E-state index contributed by atoms with van der Waals surface area (Å²) in [5.41, 5.74) is -2.13. The summed E-state index contributed by atoms with van der Waals surface area (Å²) in [5.74, 6) is -2.13. The Morgan fingerprint density at radius 3 is 1.24 bits per heavy atom. The largest absolute Gasteiger partial charge is 0.298 e. The molecule has 0 unspecified atom stereocenters. The number of ketones is 3. The van der Waals surface area contributed by atoms with Crippen LogP contribution in [-0.2, 0) is 19.2 Å². The Morgan fingerprint density at radius 2 is 1.06 bits per heavy atom. The summed E-state index contributed by atoms with van der Waals surface area (Å²) in [6, 6.07) is 0. The van der Waals surface area contributed by atoms with Crippen LogP contribution in [0.2, 0.25) is 0 Å². The topological polar surface area (TPSA) is 68.3 Å². The van der Waals surface area contributed by atoms with Crippen LogP contribution in [0.15, 0.2) is 0 Å². The van der Waals surface area contributed by atoms with Crippen LogP contribution in [0.4, 0.5) is 0 Å². The van der Waals surface area contributed by atoms with Gasteiger partial charge in [-0.2, -0.15) is 0 Å². The third-order valence-corrected chi connectivity index (χ3v) is 3.39. The average molecular weight is 258 g/mol. The SMILES string of the molecule is CC(=O)C(C(C)=O)(C(C)=O)C(=O)SC(C)(C)C. The summed E-state index contributed by atoms with van der Waals surface area (Å²) in [6.07, 6.45) is 0. The normalized spacial score (nSPS) is 12.1. The lowest BCUT2D eigenvalue weighted by molar-refractivity contribution is -0.149. The van der Waals surface area contributed by atoms with Crippen LogP contribution in [0, 0.1) is 5.41 Å². The highest BCUT2D eigenvalue weighted by Gasteiger charge is 2.53. The molecule has 0 spiro atoms. The molecule has 4 nitrogen and oxygen atoms in total. The summed E-state index contributed by atoms with van der Waals surface area (Å²) < 4.78 is -0.456. The zero-order valence-corrected chi connectivity index (χ0v) is 11.9. The minimum atomic E-state index is -2.13. The Hall–Kier alpha value is -0.970. The molecule has 17 heavy (non-hydrogen) atoms. The van der Waals surface area contributed by atoms with Gasteiger partial charge < -0.3 is 0 Å². The molecular formula is C12H18O4S. The predicted octanol–water partition coefficient (Wildman–Crippen LogP) is 1.80. The second kappa shape index (κ2) is 5.12. The van der Waals surface area contributed by atoms with E-state index in [4.69, 9.17) is 0 Å². The fourth-order valence-corrected chi connectivity index (χ4v) is 2.67. The van der Waals surface area contributed by atoms with Crippen molar-refractivity contribution in [3.63, 3.8) is 0 Å². The van der Waals surface area contributed by atoms with Crippen molar-refractivity contribution >= 4 is 34.2 Å². The standard InChI is InChI=1S/C12H18O4S/c1-7(13)12(8(2)14,9(3)15)10(16)17-11(4,5)6/h1-6H3. The van der Waals surface area contributed by atoms with Gasteiger partial charge >= 0.3 is 0 Å². The van der Waals surface area contributed by atoms with Gasteiger partial charge in [0, 0.05) is 4.75 Å². The van der Waals surface area contributed by atoms with Gasteiger partial charge in [-0.05, 0) is 20.8 Å². The Kier molecular flexibility index (Phi) is 4.83. The van der Waals surface area contributed by atoms with Crippen LogP contribution in [0.5, 0.6) is 0 Å². The molecule has 0 bridgehead atoms. The molecule has 0 N–H and O–H groups in total. The Balaban J connectivity index is 5.64. The number of hydrogen-bond acceptors (Lipinski definition) is 5. The van der Waals surface area contributed by atoms with Crippen LogP contribution in [0.1, 0.15) is 41.5 Å². The van der Waals surface area contributed by atoms with Crippen molar-refractivity contribution in [2.24, 2.45) is 5.41 Å². The molecule has 0 aliphatic carbocycles. The number of hydrogen-bond donors (Lipinski definition) is 0. The average Bonchev–Trinajstić information content (AvgIpc) is 1.97. The molecule has 0 atom stereocenters. The Labute approximate surface area is 106 Å². The van der Waals surface area contributed by atoms with E-state index in [-0.39, 0.29) is 0 Å². The van der Waals surface area contributed by atoms with Gasteiger partial charge in [0.05, 0.1) is 0 Å². The maximum Gasteiger partial charge on any atom is 0.218 e. The van der Waals surface area contributed by atoms with Crippen molar-refractivity contribution in [2.75, 3.05) is 0 Å². The zero-order valence-electron chi connectivity index (χ0n) is 11.0. The number of rotatable bonds is 4. The van der Waals surface area contributed by atoms with Gasteiger partial charge in [0.15, 0.2) is 17.3 Å². The molecule has 0 saturated carbocycles. The number of thioether (sulfide) groups is 1. The molecule has 96 valence electrons. The minimum Gasteiger partial charge on any atom is -0.298 e. The molecule has 0 aromatic heterocycles. The molecule has 0 heterocycles. The van der Waals surface area contributed by atoms with Gasteiger partial charge in [-0.3, -0.25) is 19.2 Å². The minimum absolute atomic E-state index is 0.456. The first-order chi connectivity index (χ1) is 7.46. The van der Waals surface area contributed by atoms with E-state index in [0.29, 0.717) is 0 Å². The number of carbonyl (C=O) groups excluding carboxylic acids is 4. The second-order valence-corrected chi connectivity index (χ2v) is 6.72. The molecular weight excluding hydrogens is 240 g/mol. The maximum absolute atomic E-state index is 12.1. The van der Waals surface area contributed by atoms with Crippen molar-refractivity contribution in [3.8, 4) is 0 Å². The molecule has 0 aromatic rings. The molecule has 0 rings (SSSR count). The summed E-state index contributed by atoms with van der Waals surface area (Å²) in [6.45, 7) is 8.64. The summed E-state index contributed by atoms with van der Waals surface area (Å²) in [4.78, 5) is 46.9. The third kappa shape index (κ3) is 3.25. The predicted molar refractivity (Wildman–Crippen MR) is 66.8 cm³/mol. The van der Waals surface area contributed by atoms with E-state index in [0.717, 1.165) is 32.5 Å². The molecule has 0 radical (unpaired) electrons. The van der Waals surface area contributed by atoms with E-state index < -0.39 is 32.6 Å². The van der Waals surface area contributed by atoms with E-state index in [1.54, 1.807) is 20.8 Å².